The lowest BCUT2D eigenvalue weighted by molar-refractivity contribution is -0.118. The lowest BCUT2D eigenvalue weighted by Crippen LogP contribution is -2.24. The van der Waals surface area contributed by atoms with Gasteiger partial charge in [-0.3, -0.25) is 14.2 Å². The van der Waals surface area contributed by atoms with Crippen molar-refractivity contribution in [2.45, 2.75) is 37.8 Å². The Bertz CT molecular complexity index is 1560. The molecule has 0 atom stereocenters. The summed E-state index contributed by atoms with van der Waals surface area (Å²) < 4.78 is 6.70. The number of aromatic nitrogens is 2. The second-order valence-corrected chi connectivity index (χ2v) is 10.8. The smallest absolute Gasteiger partial charge is 0.267 e. The van der Waals surface area contributed by atoms with E-state index in [1.165, 1.54) is 30.0 Å². The Morgan fingerprint density at radius 2 is 2.03 bits per heavy atom. The molecule has 1 amide bonds. The van der Waals surface area contributed by atoms with Crippen molar-refractivity contribution in [3.63, 3.8) is 0 Å². The molecule has 0 bridgehead atoms. The Balaban J connectivity index is 1.41. The Morgan fingerprint density at radius 3 is 2.81 bits per heavy atom. The maximum atomic E-state index is 13.8. The number of methoxy groups -OCH3 is 1. The summed E-state index contributed by atoms with van der Waals surface area (Å²) >= 11 is 2.78. The number of amides is 1. The number of carbonyl (C=O) groups excluding carboxylic acids is 1. The fourth-order valence-corrected chi connectivity index (χ4v) is 6.46. The van der Waals surface area contributed by atoms with E-state index in [2.05, 4.69) is 10.5 Å². The van der Waals surface area contributed by atoms with E-state index in [0.29, 0.717) is 21.9 Å². The summed E-state index contributed by atoms with van der Waals surface area (Å²) in [6, 6.07) is 12.7. The van der Waals surface area contributed by atoms with Gasteiger partial charge >= 0.3 is 0 Å². The van der Waals surface area contributed by atoms with Gasteiger partial charge in [-0.1, -0.05) is 35.5 Å². The molecule has 2 aromatic heterocycles. The second kappa shape index (κ2) is 10.8. The molecule has 2 N–H and O–H groups in total. The number of carbonyl (C=O) groups is 1. The average Bonchev–Trinajstić information content (AvgIpc) is 3.28. The molecular weight excluding hydrogens is 508 g/mol. The van der Waals surface area contributed by atoms with E-state index >= 15 is 0 Å². The lowest BCUT2D eigenvalue weighted by Gasteiger charge is -2.13. The number of hydrogen-bond donors (Lipinski definition) is 2. The van der Waals surface area contributed by atoms with Crippen molar-refractivity contribution in [3.8, 4) is 17.2 Å². The molecule has 1 aliphatic carbocycles. The number of aryl methyl sites for hydroxylation is 3. The summed E-state index contributed by atoms with van der Waals surface area (Å²) in [5.41, 5.74) is 5.73. The summed E-state index contributed by atoms with van der Waals surface area (Å²) in [6.07, 6.45) is 5.43. The van der Waals surface area contributed by atoms with Gasteiger partial charge in [0.05, 0.1) is 30.2 Å². The number of benzene rings is 2. The van der Waals surface area contributed by atoms with Gasteiger partial charge < -0.3 is 9.84 Å². The molecule has 10 heteroatoms. The highest BCUT2D eigenvalue weighted by molar-refractivity contribution is 7.99. The fraction of sp³-hybridized carbons (Fsp3) is 0.259. The fourth-order valence-electron chi connectivity index (χ4n) is 4.35. The number of para-hydroxylation sites is 1. The molecule has 190 valence electrons. The van der Waals surface area contributed by atoms with Crippen LogP contribution in [-0.2, 0) is 17.6 Å². The average molecular weight is 535 g/mol. The zero-order valence-electron chi connectivity index (χ0n) is 20.5. The SMILES string of the molecule is COc1cccc(/C=N\NC(=O)CSc2nc3sc4c(c3c(=O)n2-c2ccc(C)cc2)CCCC4)c1O. The lowest BCUT2D eigenvalue weighted by atomic mass is 9.97. The highest BCUT2D eigenvalue weighted by Gasteiger charge is 2.23. The van der Waals surface area contributed by atoms with Crippen LogP contribution in [0.2, 0.25) is 0 Å². The number of rotatable bonds is 7. The number of thiophene rings is 1. The normalized spacial score (nSPS) is 13.1. The number of hydrogen-bond acceptors (Lipinski definition) is 8. The van der Waals surface area contributed by atoms with Gasteiger partial charge in [-0.15, -0.1) is 11.3 Å². The van der Waals surface area contributed by atoms with Gasteiger partial charge in [0.2, 0.25) is 0 Å². The van der Waals surface area contributed by atoms with Crippen LogP contribution in [0.25, 0.3) is 15.9 Å². The first-order valence-electron chi connectivity index (χ1n) is 11.9. The Labute approximate surface area is 222 Å². The van der Waals surface area contributed by atoms with E-state index in [9.17, 15) is 14.7 Å². The first-order chi connectivity index (χ1) is 18.0. The largest absolute Gasteiger partial charge is 0.504 e. The molecule has 8 nitrogen and oxygen atoms in total. The highest BCUT2D eigenvalue weighted by atomic mass is 32.2. The molecule has 0 spiro atoms. The second-order valence-electron chi connectivity index (χ2n) is 8.74. The standard InChI is InChI=1S/C27H26N4O4S2/c1-16-10-12-18(13-11-16)31-26(34)23-19-7-3-4-9-21(19)37-25(23)29-27(31)36-15-22(32)30-28-14-17-6-5-8-20(35-2)24(17)33/h5-6,8,10-14,33H,3-4,7,9,15H2,1-2H3,(H,30,32)/b28-14-. The number of nitrogens with one attached hydrogen (secondary N) is 1. The molecule has 2 aromatic carbocycles. The molecule has 5 rings (SSSR count). The third kappa shape index (κ3) is 5.12. The zero-order valence-corrected chi connectivity index (χ0v) is 22.1. The molecule has 0 unspecified atom stereocenters. The van der Waals surface area contributed by atoms with Crippen molar-refractivity contribution >= 4 is 45.4 Å². The topological polar surface area (TPSA) is 106 Å². The molecule has 4 aromatic rings. The Morgan fingerprint density at radius 1 is 1.24 bits per heavy atom. The number of phenolic OH excluding ortho intramolecular Hbond substituents is 1. The third-order valence-electron chi connectivity index (χ3n) is 6.23. The van der Waals surface area contributed by atoms with Gasteiger partial charge in [-0.2, -0.15) is 5.10 Å². The van der Waals surface area contributed by atoms with Crippen LogP contribution in [-0.4, -0.2) is 39.6 Å². The van der Waals surface area contributed by atoms with E-state index < -0.39 is 0 Å². The minimum atomic E-state index is -0.362. The molecule has 0 radical (unpaired) electrons. The first-order valence-corrected chi connectivity index (χ1v) is 13.7. The highest BCUT2D eigenvalue weighted by Crippen LogP contribution is 2.35. The molecule has 1 aliphatic rings. The van der Waals surface area contributed by atoms with Crippen LogP contribution < -0.4 is 15.7 Å². The third-order valence-corrected chi connectivity index (χ3v) is 8.35. The molecule has 0 fully saturated rings. The van der Waals surface area contributed by atoms with Crippen molar-refractivity contribution in [1.29, 1.82) is 0 Å². The number of aromatic hydroxyl groups is 1. The predicted octanol–water partition coefficient (Wildman–Crippen LogP) is 4.59. The van der Waals surface area contributed by atoms with Gasteiger partial charge in [0, 0.05) is 10.4 Å². The summed E-state index contributed by atoms with van der Waals surface area (Å²) in [7, 11) is 1.46. The Hall–Kier alpha value is -3.63. The van der Waals surface area contributed by atoms with E-state index in [1.54, 1.807) is 34.1 Å². The monoisotopic (exact) mass is 534 g/mol. The van der Waals surface area contributed by atoms with Gasteiger partial charge in [0.15, 0.2) is 16.7 Å². The maximum Gasteiger partial charge on any atom is 0.267 e. The quantitative estimate of drug-likeness (QED) is 0.156. The van der Waals surface area contributed by atoms with Gasteiger partial charge in [0.25, 0.3) is 11.5 Å². The molecule has 0 saturated heterocycles. The molecular formula is C27H26N4O4S2. The maximum absolute atomic E-state index is 13.8. The van der Waals surface area contributed by atoms with E-state index in [4.69, 9.17) is 9.72 Å². The van der Waals surface area contributed by atoms with Gasteiger partial charge in [-0.25, -0.2) is 10.4 Å². The first kappa shape index (κ1) is 25.0. The van der Waals surface area contributed by atoms with Crippen molar-refractivity contribution in [3.05, 3.63) is 74.4 Å². The van der Waals surface area contributed by atoms with Crippen molar-refractivity contribution in [2.24, 2.45) is 5.10 Å². The summed E-state index contributed by atoms with van der Waals surface area (Å²) in [6.45, 7) is 2.00. The van der Waals surface area contributed by atoms with Crippen molar-refractivity contribution in [1.82, 2.24) is 15.0 Å². The van der Waals surface area contributed by atoms with Crippen molar-refractivity contribution < 1.29 is 14.6 Å². The van der Waals surface area contributed by atoms with Crippen LogP contribution in [0.15, 0.2) is 57.5 Å². The molecule has 2 heterocycles. The minimum absolute atomic E-state index is 0.0102. The van der Waals surface area contributed by atoms with Crippen LogP contribution in [0.3, 0.4) is 0 Å². The number of ether oxygens (including phenoxy) is 1. The van der Waals surface area contributed by atoms with Crippen LogP contribution in [0.1, 0.15) is 34.4 Å². The van der Waals surface area contributed by atoms with E-state index in [1.807, 2.05) is 31.2 Å². The minimum Gasteiger partial charge on any atom is -0.504 e. The van der Waals surface area contributed by atoms with E-state index in [0.717, 1.165) is 47.3 Å². The van der Waals surface area contributed by atoms with Crippen LogP contribution >= 0.6 is 23.1 Å². The molecule has 0 saturated carbocycles. The number of nitrogens with zero attached hydrogens (tertiary/aromatic N) is 3. The van der Waals surface area contributed by atoms with Crippen LogP contribution in [0.4, 0.5) is 0 Å². The van der Waals surface area contributed by atoms with Crippen molar-refractivity contribution in [2.75, 3.05) is 12.9 Å². The van der Waals surface area contributed by atoms with Gasteiger partial charge in [-0.05, 0) is 62.4 Å². The molecule has 37 heavy (non-hydrogen) atoms. The molecule has 0 aliphatic heterocycles. The number of thioether (sulfide) groups is 1. The Kier molecular flexibility index (Phi) is 7.29. The van der Waals surface area contributed by atoms with Crippen LogP contribution in [0.5, 0.6) is 11.5 Å². The van der Waals surface area contributed by atoms with Gasteiger partial charge in [0.1, 0.15) is 4.83 Å². The number of phenols is 1. The number of hydrazone groups is 1. The predicted molar refractivity (Wildman–Crippen MR) is 148 cm³/mol. The number of fused-ring (bicyclic) bond motifs is 3. The summed E-state index contributed by atoms with van der Waals surface area (Å²) in [5, 5.41) is 15.3. The zero-order chi connectivity index (χ0) is 25.9. The van der Waals surface area contributed by atoms with E-state index in [-0.39, 0.29) is 23.0 Å². The van der Waals surface area contributed by atoms with Crippen LogP contribution in [0, 0.1) is 6.92 Å². The summed E-state index contributed by atoms with van der Waals surface area (Å²) in [5.74, 6) is -0.0951. The summed E-state index contributed by atoms with van der Waals surface area (Å²) in [4.78, 5) is 33.2.